The smallest absolute Gasteiger partial charge is 0.0701 e. The SMILES string of the molecule is CCNC(CC1CC2CCC1C2)c1csc(Br)c1. The van der Waals surface area contributed by atoms with Crippen LogP contribution in [0.4, 0.5) is 0 Å². The second kappa shape index (κ2) is 5.64. The zero-order chi connectivity index (χ0) is 12.5. The van der Waals surface area contributed by atoms with E-state index in [4.69, 9.17) is 0 Å². The minimum absolute atomic E-state index is 0.571. The third kappa shape index (κ3) is 2.68. The number of hydrogen-bond acceptors (Lipinski definition) is 2. The second-order valence-corrected chi connectivity index (χ2v) is 8.26. The number of rotatable bonds is 5. The van der Waals surface area contributed by atoms with Crippen LogP contribution >= 0.6 is 27.3 Å². The molecule has 1 aromatic heterocycles. The predicted octanol–water partition coefficient (Wildman–Crippen LogP) is 4.99. The van der Waals surface area contributed by atoms with Crippen molar-refractivity contribution in [3.05, 3.63) is 20.8 Å². The molecule has 4 atom stereocenters. The van der Waals surface area contributed by atoms with Gasteiger partial charge in [0.25, 0.3) is 0 Å². The van der Waals surface area contributed by atoms with Crippen molar-refractivity contribution in [2.75, 3.05) is 6.54 Å². The third-order valence-electron chi connectivity index (χ3n) is 4.86. The average molecular weight is 328 g/mol. The number of halogens is 1. The highest BCUT2D eigenvalue weighted by Gasteiger charge is 2.40. The summed E-state index contributed by atoms with van der Waals surface area (Å²) in [4.78, 5) is 0. The first-order valence-corrected chi connectivity index (χ1v) is 8.90. The van der Waals surface area contributed by atoms with Crippen LogP contribution in [0.5, 0.6) is 0 Å². The van der Waals surface area contributed by atoms with Gasteiger partial charge in [0, 0.05) is 6.04 Å². The minimum Gasteiger partial charge on any atom is -0.310 e. The zero-order valence-electron chi connectivity index (χ0n) is 11.0. The maximum Gasteiger partial charge on any atom is 0.0701 e. The van der Waals surface area contributed by atoms with Crippen molar-refractivity contribution in [2.45, 2.75) is 45.1 Å². The molecule has 1 aromatic rings. The lowest BCUT2D eigenvalue weighted by Gasteiger charge is -2.27. The first-order chi connectivity index (χ1) is 8.76. The molecule has 2 aliphatic carbocycles. The van der Waals surface area contributed by atoms with Gasteiger partial charge < -0.3 is 5.32 Å². The fraction of sp³-hybridized carbons (Fsp3) is 0.733. The van der Waals surface area contributed by atoms with Gasteiger partial charge in [0.05, 0.1) is 3.79 Å². The second-order valence-electron chi connectivity index (χ2n) is 5.97. The lowest BCUT2D eigenvalue weighted by molar-refractivity contribution is 0.281. The van der Waals surface area contributed by atoms with Gasteiger partial charge in [-0.1, -0.05) is 13.3 Å². The van der Waals surface area contributed by atoms with Crippen molar-refractivity contribution in [1.29, 1.82) is 0 Å². The normalized spacial score (nSPS) is 32.0. The molecule has 0 aliphatic heterocycles. The minimum atomic E-state index is 0.571. The van der Waals surface area contributed by atoms with E-state index in [0.29, 0.717) is 6.04 Å². The predicted molar refractivity (Wildman–Crippen MR) is 82.0 cm³/mol. The summed E-state index contributed by atoms with van der Waals surface area (Å²) in [5, 5.41) is 5.99. The molecular weight excluding hydrogens is 306 g/mol. The molecular formula is C15H22BrNS. The van der Waals surface area contributed by atoms with Gasteiger partial charge in [-0.05, 0) is 82.9 Å². The summed E-state index contributed by atoms with van der Waals surface area (Å²) in [7, 11) is 0. The number of nitrogens with one attached hydrogen (secondary N) is 1. The summed E-state index contributed by atoms with van der Waals surface area (Å²) in [5.41, 5.74) is 1.48. The summed E-state index contributed by atoms with van der Waals surface area (Å²) in [6.45, 7) is 3.29. The molecule has 0 radical (unpaired) electrons. The van der Waals surface area contributed by atoms with Crippen LogP contribution in [0.3, 0.4) is 0 Å². The molecule has 2 aliphatic rings. The Kier molecular flexibility index (Phi) is 4.12. The van der Waals surface area contributed by atoms with Crippen molar-refractivity contribution in [2.24, 2.45) is 17.8 Å². The summed E-state index contributed by atoms with van der Waals surface area (Å²) >= 11 is 5.40. The fourth-order valence-corrected chi connectivity index (χ4v) is 5.29. The highest BCUT2D eigenvalue weighted by Crippen LogP contribution is 2.51. The highest BCUT2D eigenvalue weighted by molar-refractivity contribution is 9.11. The topological polar surface area (TPSA) is 12.0 Å². The van der Waals surface area contributed by atoms with Crippen molar-refractivity contribution < 1.29 is 0 Å². The van der Waals surface area contributed by atoms with Crippen LogP contribution < -0.4 is 5.32 Å². The Labute approximate surface area is 122 Å². The number of thiophene rings is 1. The maximum atomic E-state index is 3.68. The lowest BCUT2D eigenvalue weighted by Crippen LogP contribution is -2.25. The van der Waals surface area contributed by atoms with Gasteiger partial charge in [0.15, 0.2) is 0 Å². The molecule has 4 unspecified atom stereocenters. The number of fused-ring (bicyclic) bond motifs is 2. The van der Waals surface area contributed by atoms with Gasteiger partial charge in [-0.25, -0.2) is 0 Å². The Morgan fingerprint density at radius 3 is 2.89 bits per heavy atom. The van der Waals surface area contributed by atoms with E-state index in [1.165, 1.54) is 41.5 Å². The van der Waals surface area contributed by atoms with E-state index in [1.807, 2.05) is 11.3 Å². The van der Waals surface area contributed by atoms with E-state index < -0.39 is 0 Å². The third-order valence-corrected chi connectivity index (χ3v) is 6.39. The molecule has 3 heteroatoms. The van der Waals surface area contributed by atoms with E-state index in [-0.39, 0.29) is 0 Å². The molecule has 3 rings (SSSR count). The van der Waals surface area contributed by atoms with Crippen LogP contribution in [0.15, 0.2) is 15.2 Å². The molecule has 2 saturated carbocycles. The molecule has 2 fully saturated rings. The summed E-state index contributed by atoms with van der Waals surface area (Å²) < 4.78 is 1.26. The van der Waals surface area contributed by atoms with Gasteiger partial charge in [0.1, 0.15) is 0 Å². The van der Waals surface area contributed by atoms with Gasteiger partial charge in [0.2, 0.25) is 0 Å². The monoisotopic (exact) mass is 327 g/mol. The molecule has 1 N–H and O–H groups in total. The lowest BCUT2D eigenvalue weighted by atomic mass is 9.83. The van der Waals surface area contributed by atoms with E-state index in [2.05, 4.69) is 39.6 Å². The van der Waals surface area contributed by atoms with Crippen LogP contribution in [0.2, 0.25) is 0 Å². The van der Waals surface area contributed by atoms with Crippen LogP contribution in [0.25, 0.3) is 0 Å². The van der Waals surface area contributed by atoms with E-state index >= 15 is 0 Å². The van der Waals surface area contributed by atoms with Gasteiger partial charge in [-0.15, -0.1) is 11.3 Å². The highest BCUT2D eigenvalue weighted by atomic mass is 79.9. The standard InChI is InChI=1S/C15H22BrNS/c1-2-17-14(13-8-15(16)18-9-13)7-12-6-10-3-4-11(12)5-10/h8-12,14,17H,2-7H2,1H3. The molecule has 18 heavy (non-hydrogen) atoms. The quantitative estimate of drug-likeness (QED) is 0.803. The summed E-state index contributed by atoms with van der Waals surface area (Å²) in [6, 6.07) is 2.87. The molecule has 100 valence electrons. The molecule has 1 nitrogen and oxygen atoms in total. The van der Waals surface area contributed by atoms with Crippen LogP contribution in [-0.4, -0.2) is 6.54 Å². The van der Waals surface area contributed by atoms with E-state index in [9.17, 15) is 0 Å². The molecule has 0 aromatic carbocycles. The zero-order valence-corrected chi connectivity index (χ0v) is 13.4. The average Bonchev–Trinajstić information content (AvgIpc) is 3.04. The maximum absolute atomic E-state index is 3.68. The van der Waals surface area contributed by atoms with Gasteiger partial charge >= 0.3 is 0 Å². The summed E-state index contributed by atoms with van der Waals surface area (Å²) in [6.07, 6.45) is 7.38. The Morgan fingerprint density at radius 1 is 1.44 bits per heavy atom. The largest absolute Gasteiger partial charge is 0.310 e. The van der Waals surface area contributed by atoms with Crippen LogP contribution in [0.1, 0.15) is 50.6 Å². The van der Waals surface area contributed by atoms with Crippen molar-refractivity contribution in [3.8, 4) is 0 Å². The molecule has 0 amide bonds. The summed E-state index contributed by atoms with van der Waals surface area (Å²) in [5.74, 6) is 3.08. The van der Waals surface area contributed by atoms with E-state index in [0.717, 1.165) is 24.3 Å². The number of hydrogen-bond donors (Lipinski definition) is 1. The molecule has 0 spiro atoms. The Morgan fingerprint density at radius 2 is 2.33 bits per heavy atom. The van der Waals surface area contributed by atoms with E-state index in [1.54, 1.807) is 0 Å². The van der Waals surface area contributed by atoms with Crippen molar-refractivity contribution in [1.82, 2.24) is 5.32 Å². The Hall–Kier alpha value is 0.140. The van der Waals surface area contributed by atoms with Crippen molar-refractivity contribution >= 4 is 27.3 Å². The first kappa shape index (κ1) is 13.1. The Balaban J connectivity index is 1.67. The fourth-order valence-electron chi connectivity index (χ4n) is 4.06. The first-order valence-electron chi connectivity index (χ1n) is 7.23. The van der Waals surface area contributed by atoms with Gasteiger partial charge in [-0.3, -0.25) is 0 Å². The van der Waals surface area contributed by atoms with Crippen molar-refractivity contribution in [3.63, 3.8) is 0 Å². The van der Waals surface area contributed by atoms with Crippen LogP contribution in [0, 0.1) is 17.8 Å². The molecule has 2 bridgehead atoms. The molecule has 1 heterocycles. The van der Waals surface area contributed by atoms with Crippen LogP contribution in [-0.2, 0) is 0 Å². The van der Waals surface area contributed by atoms with Gasteiger partial charge in [-0.2, -0.15) is 0 Å². The molecule has 0 saturated heterocycles. The Bertz CT molecular complexity index is 403.